The molecule has 0 aliphatic heterocycles. The highest BCUT2D eigenvalue weighted by Crippen LogP contribution is 2.31. The van der Waals surface area contributed by atoms with Crippen molar-refractivity contribution in [2.75, 3.05) is 5.43 Å². The SMILES string of the molecule is CC1CC1NC(=O)c1cccc(NN)c1[N+](=O)[O-]. The molecular weight excluding hydrogens is 236 g/mol. The monoisotopic (exact) mass is 250 g/mol. The van der Waals surface area contributed by atoms with Crippen LogP contribution >= 0.6 is 0 Å². The molecule has 2 atom stereocenters. The molecule has 1 saturated carbocycles. The number of nitrogens with one attached hydrogen (secondary N) is 2. The van der Waals surface area contributed by atoms with Gasteiger partial charge < -0.3 is 10.7 Å². The van der Waals surface area contributed by atoms with Gasteiger partial charge in [0.1, 0.15) is 11.3 Å². The Labute approximate surface area is 103 Å². The molecule has 0 saturated heterocycles. The molecule has 1 amide bonds. The van der Waals surface area contributed by atoms with E-state index in [1.807, 2.05) is 6.92 Å². The molecule has 0 radical (unpaired) electrons. The number of nitro groups is 1. The first-order valence-electron chi connectivity index (χ1n) is 5.59. The van der Waals surface area contributed by atoms with Crippen LogP contribution in [0.5, 0.6) is 0 Å². The number of benzene rings is 1. The number of nitrogen functional groups attached to an aromatic ring is 1. The van der Waals surface area contributed by atoms with Crippen molar-refractivity contribution in [2.45, 2.75) is 19.4 Å². The molecule has 4 N–H and O–H groups in total. The van der Waals surface area contributed by atoms with Gasteiger partial charge in [0.15, 0.2) is 0 Å². The Kier molecular flexibility index (Phi) is 3.15. The minimum Gasteiger partial charge on any atom is -0.349 e. The Morgan fingerprint density at radius 1 is 1.56 bits per heavy atom. The lowest BCUT2D eigenvalue weighted by molar-refractivity contribution is -0.384. The summed E-state index contributed by atoms with van der Waals surface area (Å²) in [6.07, 6.45) is 0.911. The molecule has 96 valence electrons. The Balaban J connectivity index is 2.31. The number of carbonyl (C=O) groups excluding carboxylic acids is 1. The number of para-hydroxylation sites is 1. The first kappa shape index (κ1) is 12.3. The van der Waals surface area contributed by atoms with Crippen molar-refractivity contribution >= 4 is 17.3 Å². The Morgan fingerprint density at radius 3 is 2.72 bits per heavy atom. The van der Waals surface area contributed by atoms with Crippen molar-refractivity contribution in [3.8, 4) is 0 Å². The zero-order valence-corrected chi connectivity index (χ0v) is 9.84. The van der Waals surface area contributed by atoms with Gasteiger partial charge in [-0.3, -0.25) is 20.8 Å². The topological polar surface area (TPSA) is 110 Å². The number of hydrazine groups is 1. The Bertz CT molecular complexity index is 503. The van der Waals surface area contributed by atoms with Crippen LogP contribution in [0.1, 0.15) is 23.7 Å². The van der Waals surface area contributed by atoms with E-state index in [0.29, 0.717) is 5.92 Å². The number of amides is 1. The van der Waals surface area contributed by atoms with Crippen LogP contribution in [0.3, 0.4) is 0 Å². The molecule has 0 heterocycles. The number of hydrogen-bond acceptors (Lipinski definition) is 5. The summed E-state index contributed by atoms with van der Waals surface area (Å²) in [5, 5.41) is 13.8. The van der Waals surface area contributed by atoms with E-state index in [-0.39, 0.29) is 23.0 Å². The van der Waals surface area contributed by atoms with Crippen LogP contribution in [-0.4, -0.2) is 16.9 Å². The number of nitrogens with two attached hydrogens (primary N) is 1. The average molecular weight is 250 g/mol. The summed E-state index contributed by atoms with van der Waals surface area (Å²) in [7, 11) is 0. The van der Waals surface area contributed by atoms with Gasteiger partial charge in [0.2, 0.25) is 0 Å². The van der Waals surface area contributed by atoms with E-state index in [2.05, 4.69) is 10.7 Å². The van der Waals surface area contributed by atoms with E-state index in [1.54, 1.807) is 6.07 Å². The number of nitrogens with zero attached hydrogens (tertiary/aromatic N) is 1. The second-order valence-electron chi connectivity index (χ2n) is 4.40. The number of nitro benzene ring substituents is 1. The van der Waals surface area contributed by atoms with Crippen molar-refractivity contribution in [2.24, 2.45) is 11.8 Å². The highest BCUT2D eigenvalue weighted by atomic mass is 16.6. The molecule has 1 aliphatic rings. The third-order valence-corrected chi connectivity index (χ3v) is 3.04. The first-order chi connectivity index (χ1) is 8.54. The maximum Gasteiger partial charge on any atom is 0.306 e. The summed E-state index contributed by atoms with van der Waals surface area (Å²) in [6.45, 7) is 2.01. The van der Waals surface area contributed by atoms with Gasteiger partial charge in [-0.05, 0) is 24.5 Å². The van der Waals surface area contributed by atoms with Crippen LogP contribution in [0.2, 0.25) is 0 Å². The Hall–Kier alpha value is -2.15. The van der Waals surface area contributed by atoms with Gasteiger partial charge in [-0.25, -0.2) is 0 Å². The second kappa shape index (κ2) is 4.61. The third-order valence-electron chi connectivity index (χ3n) is 3.04. The van der Waals surface area contributed by atoms with Crippen LogP contribution in [0.4, 0.5) is 11.4 Å². The van der Waals surface area contributed by atoms with Crippen molar-refractivity contribution in [1.82, 2.24) is 5.32 Å². The van der Waals surface area contributed by atoms with E-state index in [9.17, 15) is 14.9 Å². The smallest absolute Gasteiger partial charge is 0.306 e. The van der Waals surface area contributed by atoms with E-state index in [4.69, 9.17) is 5.84 Å². The molecule has 1 fully saturated rings. The highest BCUT2D eigenvalue weighted by Gasteiger charge is 2.35. The molecule has 7 nitrogen and oxygen atoms in total. The van der Waals surface area contributed by atoms with Gasteiger partial charge in [-0.1, -0.05) is 13.0 Å². The lowest BCUT2D eigenvalue weighted by Crippen LogP contribution is -2.27. The summed E-state index contributed by atoms with van der Waals surface area (Å²) in [6, 6.07) is 4.54. The number of anilines is 1. The van der Waals surface area contributed by atoms with Crippen molar-refractivity contribution in [1.29, 1.82) is 0 Å². The zero-order chi connectivity index (χ0) is 13.3. The maximum atomic E-state index is 11.9. The zero-order valence-electron chi connectivity index (χ0n) is 9.84. The molecular formula is C11H14N4O3. The minimum atomic E-state index is -0.611. The van der Waals surface area contributed by atoms with Crippen LogP contribution in [0.25, 0.3) is 0 Å². The molecule has 1 aromatic carbocycles. The van der Waals surface area contributed by atoms with Gasteiger partial charge in [0, 0.05) is 6.04 Å². The number of carbonyl (C=O) groups is 1. The summed E-state index contributed by atoms with van der Waals surface area (Å²) < 4.78 is 0. The second-order valence-corrected chi connectivity index (χ2v) is 4.40. The lowest BCUT2D eigenvalue weighted by Gasteiger charge is -2.07. The van der Waals surface area contributed by atoms with E-state index < -0.39 is 10.8 Å². The molecule has 0 spiro atoms. The average Bonchev–Trinajstić information content (AvgIpc) is 3.03. The molecule has 0 aromatic heterocycles. The minimum absolute atomic E-state index is 0.0227. The lowest BCUT2D eigenvalue weighted by atomic mass is 10.1. The Morgan fingerprint density at radius 2 is 2.22 bits per heavy atom. The van der Waals surface area contributed by atoms with E-state index in [0.717, 1.165) is 6.42 Å². The predicted molar refractivity (Wildman–Crippen MR) is 65.9 cm³/mol. The van der Waals surface area contributed by atoms with E-state index >= 15 is 0 Å². The van der Waals surface area contributed by atoms with Gasteiger partial charge >= 0.3 is 5.69 Å². The number of hydrogen-bond donors (Lipinski definition) is 3. The van der Waals surface area contributed by atoms with Gasteiger partial charge in [0.25, 0.3) is 5.91 Å². The quantitative estimate of drug-likeness (QED) is 0.419. The molecule has 7 heteroatoms. The first-order valence-corrected chi connectivity index (χ1v) is 5.59. The normalized spacial score (nSPS) is 21.2. The van der Waals surface area contributed by atoms with E-state index in [1.165, 1.54) is 12.1 Å². The fourth-order valence-corrected chi connectivity index (χ4v) is 1.81. The number of rotatable bonds is 4. The van der Waals surface area contributed by atoms with Gasteiger partial charge in [0.05, 0.1) is 4.92 Å². The molecule has 2 unspecified atom stereocenters. The van der Waals surface area contributed by atoms with Crippen molar-refractivity contribution in [3.05, 3.63) is 33.9 Å². The maximum absolute atomic E-state index is 11.9. The van der Waals surface area contributed by atoms with Crippen LogP contribution in [0.15, 0.2) is 18.2 Å². The third kappa shape index (κ3) is 2.25. The summed E-state index contributed by atoms with van der Waals surface area (Å²) in [4.78, 5) is 22.3. The van der Waals surface area contributed by atoms with Crippen molar-refractivity contribution < 1.29 is 9.72 Å². The molecule has 1 aliphatic carbocycles. The largest absolute Gasteiger partial charge is 0.349 e. The van der Waals surface area contributed by atoms with Crippen LogP contribution in [-0.2, 0) is 0 Å². The van der Waals surface area contributed by atoms with Gasteiger partial charge in [-0.2, -0.15) is 0 Å². The fourth-order valence-electron chi connectivity index (χ4n) is 1.81. The predicted octanol–water partition coefficient (Wildman–Crippen LogP) is 1.02. The molecule has 0 bridgehead atoms. The summed E-state index contributed by atoms with van der Waals surface area (Å²) in [5.41, 5.74) is 2.07. The summed E-state index contributed by atoms with van der Waals surface area (Å²) in [5.74, 6) is 5.20. The molecule has 18 heavy (non-hydrogen) atoms. The standard InChI is InChI=1S/C11H14N4O3/c1-6-5-9(6)13-11(16)7-3-2-4-8(14-12)10(7)15(17)18/h2-4,6,9,14H,5,12H2,1H3,(H,13,16). The highest BCUT2D eigenvalue weighted by molar-refractivity contribution is 6.00. The summed E-state index contributed by atoms with van der Waals surface area (Å²) >= 11 is 0. The fraction of sp³-hybridized carbons (Fsp3) is 0.364. The van der Waals surface area contributed by atoms with Crippen LogP contribution < -0.4 is 16.6 Å². The molecule has 2 rings (SSSR count). The van der Waals surface area contributed by atoms with Crippen LogP contribution in [0, 0.1) is 16.0 Å². The van der Waals surface area contributed by atoms with Gasteiger partial charge in [-0.15, -0.1) is 0 Å². The van der Waals surface area contributed by atoms with Crippen molar-refractivity contribution in [3.63, 3.8) is 0 Å². The molecule has 1 aromatic rings.